The highest BCUT2D eigenvalue weighted by Gasteiger charge is 2.36. The monoisotopic (exact) mass is 354 g/mol. The van der Waals surface area contributed by atoms with Gasteiger partial charge in [0.25, 0.3) is 0 Å². The van der Waals surface area contributed by atoms with Gasteiger partial charge in [-0.2, -0.15) is 0 Å². The Balaban J connectivity index is 1.67. The highest BCUT2D eigenvalue weighted by Crippen LogP contribution is 2.31. The van der Waals surface area contributed by atoms with Crippen molar-refractivity contribution >= 4 is 28.7 Å². The number of amides is 1. The van der Waals surface area contributed by atoms with Gasteiger partial charge in [0.2, 0.25) is 11.8 Å². The fourth-order valence-electron chi connectivity index (χ4n) is 3.12. The highest BCUT2D eigenvalue weighted by molar-refractivity contribution is 6.00. The number of oxazole rings is 1. The molecule has 3 aromatic rings. The minimum atomic E-state index is -0.477. The molecule has 1 amide bonds. The van der Waals surface area contributed by atoms with Crippen LogP contribution in [-0.2, 0) is 14.3 Å². The lowest BCUT2D eigenvalue weighted by molar-refractivity contribution is -0.145. The number of halogens is 1. The third kappa shape index (κ3) is 2.71. The molecule has 0 N–H and O–H groups in total. The van der Waals surface area contributed by atoms with Crippen LogP contribution in [0.3, 0.4) is 0 Å². The maximum Gasteiger partial charge on any atom is 0.311 e. The second-order valence-electron chi connectivity index (χ2n) is 6.08. The van der Waals surface area contributed by atoms with E-state index in [0.29, 0.717) is 16.8 Å². The topological polar surface area (TPSA) is 72.6 Å². The molecule has 2 aromatic carbocycles. The van der Waals surface area contributed by atoms with E-state index in [1.165, 1.54) is 18.1 Å². The second-order valence-corrected chi connectivity index (χ2v) is 6.08. The molecule has 0 bridgehead atoms. The average Bonchev–Trinajstić information content (AvgIpc) is 3.24. The van der Waals surface area contributed by atoms with Crippen molar-refractivity contribution in [3.8, 4) is 11.5 Å². The Hall–Kier alpha value is -3.22. The Kier molecular flexibility index (Phi) is 3.91. The lowest BCUT2D eigenvalue weighted by atomic mass is 10.1. The van der Waals surface area contributed by atoms with E-state index < -0.39 is 17.7 Å². The number of carbonyl (C=O) groups excluding carboxylic acids is 2. The number of rotatable bonds is 3. The largest absolute Gasteiger partial charge is 0.469 e. The smallest absolute Gasteiger partial charge is 0.311 e. The molecule has 4 rings (SSSR count). The van der Waals surface area contributed by atoms with E-state index in [2.05, 4.69) is 4.98 Å². The number of esters is 1. The zero-order chi connectivity index (χ0) is 18.3. The Morgan fingerprint density at radius 3 is 2.88 bits per heavy atom. The first-order valence-corrected chi connectivity index (χ1v) is 8.10. The third-order valence-corrected chi connectivity index (χ3v) is 4.45. The first kappa shape index (κ1) is 16.3. The van der Waals surface area contributed by atoms with Crippen molar-refractivity contribution in [3.05, 3.63) is 48.3 Å². The van der Waals surface area contributed by atoms with Crippen LogP contribution in [0.4, 0.5) is 10.1 Å². The van der Waals surface area contributed by atoms with E-state index in [0.717, 1.165) is 0 Å². The lowest BCUT2D eigenvalue weighted by Gasteiger charge is -2.16. The molecule has 2 heterocycles. The Bertz CT molecular complexity index is 1010. The number of benzene rings is 2. The fourth-order valence-corrected chi connectivity index (χ4v) is 3.12. The molecule has 1 atom stereocenters. The first-order valence-electron chi connectivity index (χ1n) is 8.10. The summed E-state index contributed by atoms with van der Waals surface area (Å²) >= 11 is 0. The first-order chi connectivity index (χ1) is 12.6. The molecule has 132 valence electrons. The third-order valence-electron chi connectivity index (χ3n) is 4.45. The number of nitrogens with zero attached hydrogens (tertiary/aromatic N) is 2. The quantitative estimate of drug-likeness (QED) is 0.676. The minimum absolute atomic E-state index is 0.115. The standard InChI is InChI=1S/C19H15FN2O4/c1-25-19(24)11-8-17(23)22(10-11)12-6-7-16-15(9-12)21-18(26-16)13-4-2-3-5-14(13)20/h2-7,9,11H,8,10H2,1H3/t11-/m0/s1. The molecular formula is C19H15FN2O4. The molecule has 1 aliphatic heterocycles. The summed E-state index contributed by atoms with van der Waals surface area (Å²) in [4.78, 5) is 29.8. The van der Waals surface area contributed by atoms with Gasteiger partial charge in [-0.3, -0.25) is 9.59 Å². The van der Waals surface area contributed by atoms with Gasteiger partial charge in [0, 0.05) is 18.7 Å². The van der Waals surface area contributed by atoms with Crippen molar-refractivity contribution in [1.82, 2.24) is 4.98 Å². The van der Waals surface area contributed by atoms with Crippen LogP contribution in [0.25, 0.3) is 22.6 Å². The molecule has 0 spiro atoms. The van der Waals surface area contributed by atoms with Crippen LogP contribution >= 0.6 is 0 Å². The Morgan fingerprint density at radius 1 is 1.31 bits per heavy atom. The Morgan fingerprint density at radius 2 is 2.12 bits per heavy atom. The summed E-state index contributed by atoms with van der Waals surface area (Å²) in [7, 11) is 1.31. The Labute approximate surface area is 148 Å². The molecule has 0 radical (unpaired) electrons. The van der Waals surface area contributed by atoms with Crippen LogP contribution in [0.15, 0.2) is 46.9 Å². The van der Waals surface area contributed by atoms with Gasteiger partial charge in [0.15, 0.2) is 5.58 Å². The van der Waals surface area contributed by atoms with Crippen molar-refractivity contribution in [2.45, 2.75) is 6.42 Å². The molecule has 1 saturated heterocycles. The number of methoxy groups -OCH3 is 1. The van der Waals surface area contributed by atoms with Crippen LogP contribution in [0.1, 0.15) is 6.42 Å². The van der Waals surface area contributed by atoms with Gasteiger partial charge < -0.3 is 14.1 Å². The number of ether oxygens (including phenoxy) is 1. The van der Waals surface area contributed by atoms with Crippen molar-refractivity contribution in [2.24, 2.45) is 5.92 Å². The average molecular weight is 354 g/mol. The van der Waals surface area contributed by atoms with Crippen molar-refractivity contribution in [1.29, 1.82) is 0 Å². The molecule has 0 saturated carbocycles. The van der Waals surface area contributed by atoms with Crippen LogP contribution in [0, 0.1) is 11.7 Å². The summed E-state index contributed by atoms with van der Waals surface area (Å²) in [5, 5.41) is 0. The van der Waals surface area contributed by atoms with Crippen molar-refractivity contribution < 1.29 is 23.1 Å². The summed E-state index contributed by atoms with van der Waals surface area (Å²) in [6.07, 6.45) is 0.115. The predicted octanol–water partition coefficient (Wildman–Crippen LogP) is 3.16. The van der Waals surface area contributed by atoms with Gasteiger partial charge in [-0.05, 0) is 30.3 Å². The number of hydrogen-bond acceptors (Lipinski definition) is 5. The maximum atomic E-state index is 13.9. The number of fused-ring (bicyclic) bond motifs is 1. The van der Waals surface area contributed by atoms with Gasteiger partial charge >= 0.3 is 5.97 Å². The van der Waals surface area contributed by atoms with Gasteiger partial charge in [0.05, 0.1) is 18.6 Å². The summed E-state index contributed by atoms with van der Waals surface area (Å²) in [5.74, 6) is -1.28. The molecule has 26 heavy (non-hydrogen) atoms. The zero-order valence-corrected chi connectivity index (χ0v) is 13.9. The second kappa shape index (κ2) is 6.25. The SMILES string of the molecule is COC(=O)[C@H]1CC(=O)N(c2ccc3oc(-c4ccccc4F)nc3c2)C1. The van der Waals surface area contributed by atoms with E-state index in [4.69, 9.17) is 9.15 Å². The highest BCUT2D eigenvalue weighted by atomic mass is 19.1. The predicted molar refractivity (Wildman–Crippen MR) is 91.9 cm³/mol. The minimum Gasteiger partial charge on any atom is -0.469 e. The van der Waals surface area contributed by atoms with E-state index in [1.807, 2.05) is 0 Å². The molecule has 1 aromatic heterocycles. The van der Waals surface area contributed by atoms with Gasteiger partial charge in [0.1, 0.15) is 11.3 Å². The molecule has 7 heteroatoms. The fraction of sp³-hybridized carbons (Fsp3) is 0.211. The number of carbonyl (C=O) groups is 2. The van der Waals surface area contributed by atoms with Crippen LogP contribution in [-0.4, -0.2) is 30.5 Å². The van der Waals surface area contributed by atoms with Crippen LogP contribution in [0.2, 0.25) is 0 Å². The summed E-state index contributed by atoms with van der Waals surface area (Å²) < 4.78 is 24.3. The molecule has 6 nitrogen and oxygen atoms in total. The summed E-state index contributed by atoms with van der Waals surface area (Å²) in [5.41, 5.74) is 1.88. The maximum absolute atomic E-state index is 13.9. The van der Waals surface area contributed by atoms with Crippen molar-refractivity contribution in [2.75, 3.05) is 18.6 Å². The van der Waals surface area contributed by atoms with Crippen LogP contribution in [0.5, 0.6) is 0 Å². The molecule has 1 fully saturated rings. The number of anilines is 1. The van der Waals surface area contributed by atoms with Gasteiger partial charge in [-0.1, -0.05) is 12.1 Å². The number of aromatic nitrogens is 1. The zero-order valence-electron chi connectivity index (χ0n) is 13.9. The number of hydrogen-bond donors (Lipinski definition) is 0. The molecule has 1 aliphatic rings. The summed E-state index contributed by atoms with van der Waals surface area (Å²) in [6.45, 7) is 0.259. The van der Waals surface area contributed by atoms with E-state index in [-0.39, 0.29) is 30.3 Å². The lowest BCUT2D eigenvalue weighted by Crippen LogP contribution is -2.26. The normalized spacial score (nSPS) is 17.1. The van der Waals surface area contributed by atoms with Gasteiger partial charge in [-0.25, -0.2) is 9.37 Å². The summed E-state index contributed by atoms with van der Waals surface area (Å²) in [6, 6.07) is 11.3. The van der Waals surface area contributed by atoms with E-state index in [1.54, 1.807) is 36.4 Å². The van der Waals surface area contributed by atoms with E-state index in [9.17, 15) is 14.0 Å². The van der Waals surface area contributed by atoms with Crippen molar-refractivity contribution in [3.63, 3.8) is 0 Å². The molecule has 0 aliphatic carbocycles. The van der Waals surface area contributed by atoms with Crippen LogP contribution < -0.4 is 4.90 Å². The van der Waals surface area contributed by atoms with Gasteiger partial charge in [-0.15, -0.1) is 0 Å². The molecular weight excluding hydrogens is 339 g/mol. The van der Waals surface area contributed by atoms with E-state index >= 15 is 0 Å². The molecule has 0 unspecified atom stereocenters.